The highest BCUT2D eigenvalue weighted by Gasteiger charge is 2.48. The number of hydrogen-bond donors (Lipinski definition) is 3. The van der Waals surface area contributed by atoms with Crippen LogP contribution >= 0.6 is 0 Å². The molecule has 0 amide bonds. The van der Waals surface area contributed by atoms with Crippen molar-refractivity contribution in [2.75, 3.05) is 5.73 Å². The molecule has 1 saturated heterocycles. The number of aliphatic hydroxyl groups excluding tert-OH is 2. The normalized spacial score (nSPS) is 40.3. The fourth-order valence-corrected chi connectivity index (χ4v) is 5.17. The van der Waals surface area contributed by atoms with Crippen LogP contribution in [0.15, 0.2) is 12.7 Å². The van der Waals surface area contributed by atoms with Gasteiger partial charge in [0, 0.05) is 0 Å². The molecule has 0 spiro atoms. The van der Waals surface area contributed by atoms with Gasteiger partial charge in [0.25, 0.3) is 0 Å². The minimum Gasteiger partial charge on any atom is -0.388 e. The maximum atomic E-state index is 10.5. The van der Waals surface area contributed by atoms with E-state index in [0.29, 0.717) is 17.1 Å². The van der Waals surface area contributed by atoms with Gasteiger partial charge in [-0.25, -0.2) is 15.0 Å². The summed E-state index contributed by atoms with van der Waals surface area (Å²) >= 11 is 0. The van der Waals surface area contributed by atoms with E-state index in [1.54, 1.807) is 4.57 Å². The van der Waals surface area contributed by atoms with E-state index in [2.05, 4.69) is 15.0 Å². The third-order valence-electron chi connectivity index (χ3n) is 6.42. The van der Waals surface area contributed by atoms with Crippen molar-refractivity contribution in [2.45, 2.75) is 56.6 Å². The summed E-state index contributed by atoms with van der Waals surface area (Å²) in [7, 11) is 0. The van der Waals surface area contributed by atoms with Gasteiger partial charge in [-0.2, -0.15) is 0 Å². The van der Waals surface area contributed by atoms with Crippen LogP contribution in [0.25, 0.3) is 11.2 Å². The molecule has 3 heterocycles. The molecule has 0 aromatic carbocycles. The van der Waals surface area contributed by atoms with Crippen LogP contribution in [-0.4, -0.2) is 48.0 Å². The smallest absolute Gasteiger partial charge is 0.167 e. The minimum atomic E-state index is -1.02. The Hall–Kier alpha value is -1.77. The van der Waals surface area contributed by atoms with Crippen molar-refractivity contribution < 1.29 is 14.9 Å². The van der Waals surface area contributed by atoms with E-state index >= 15 is 0 Å². The van der Waals surface area contributed by atoms with E-state index in [9.17, 15) is 10.2 Å². The van der Waals surface area contributed by atoms with Crippen LogP contribution in [0.5, 0.6) is 0 Å². The van der Waals surface area contributed by atoms with Crippen molar-refractivity contribution in [3.05, 3.63) is 12.7 Å². The predicted molar refractivity (Wildman–Crippen MR) is 89.2 cm³/mol. The van der Waals surface area contributed by atoms with Gasteiger partial charge in [-0.1, -0.05) is 6.42 Å². The van der Waals surface area contributed by atoms with Crippen LogP contribution < -0.4 is 5.73 Å². The Bertz CT molecular complexity index is 796. The van der Waals surface area contributed by atoms with Crippen molar-refractivity contribution >= 4 is 17.0 Å². The van der Waals surface area contributed by atoms with Crippen molar-refractivity contribution in [1.29, 1.82) is 0 Å². The third-order valence-corrected chi connectivity index (χ3v) is 6.42. The molecule has 7 atom stereocenters. The predicted octanol–water partition coefficient (Wildman–Crippen LogP) is 0.854. The van der Waals surface area contributed by atoms with Gasteiger partial charge in [0.15, 0.2) is 17.7 Å². The molecule has 1 aliphatic heterocycles. The molecule has 3 unspecified atom stereocenters. The first-order chi connectivity index (χ1) is 12.1. The first-order valence-electron chi connectivity index (χ1n) is 9.06. The molecule has 5 rings (SSSR count). The molecule has 3 fully saturated rings. The molecule has 8 nitrogen and oxygen atoms in total. The maximum absolute atomic E-state index is 10.5. The Morgan fingerprint density at radius 3 is 2.80 bits per heavy atom. The standard InChI is InChI=1S/C17H23N5O3/c18-15-12-16(20-6-19-15)22(7-21-12)17-14(24)13(23)11(25-17)5-10-4-8-1-2-9(10)3-8/h6-11,13-14,17,23-24H,1-5H2,(H2,18,19,20)/t8?,9?,10?,11-,13-,14-,17-/m1/s1. The summed E-state index contributed by atoms with van der Waals surface area (Å²) in [5, 5.41) is 21.1. The lowest BCUT2D eigenvalue weighted by Crippen LogP contribution is -2.33. The molecule has 2 aromatic heterocycles. The highest BCUT2D eigenvalue weighted by molar-refractivity contribution is 5.81. The lowest BCUT2D eigenvalue weighted by molar-refractivity contribution is -0.0436. The van der Waals surface area contributed by atoms with Crippen LogP contribution in [0.2, 0.25) is 0 Å². The number of ether oxygens (including phenoxy) is 1. The Morgan fingerprint density at radius 1 is 1.16 bits per heavy atom. The summed E-state index contributed by atoms with van der Waals surface area (Å²) in [4.78, 5) is 12.3. The first kappa shape index (κ1) is 15.5. The van der Waals surface area contributed by atoms with Gasteiger partial charge in [-0.15, -0.1) is 0 Å². The molecule has 2 saturated carbocycles. The van der Waals surface area contributed by atoms with Gasteiger partial charge in [0.2, 0.25) is 0 Å². The maximum Gasteiger partial charge on any atom is 0.167 e. The highest BCUT2D eigenvalue weighted by Crippen LogP contribution is 2.51. The van der Waals surface area contributed by atoms with Crippen molar-refractivity contribution in [1.82, 2.24) is 19.5 Å². The second kappa shape index (κ2) is 5.62. The van der Waals surface area contributed by atoms with Gasteiger partial charge in [0.05, 0.1) is 12.4 Å². The zero-order valence-corrected chi connectivity index (χ0v) is 13.9. The summed E-state index contributed by atoms with van der Waals surface area (Å²) < 4.78 is 7.71. The highest BCUT2D eigenvalue weighted by atomic mass is 16.6. The molecule has 2 bridgehead atoms. The van der Waals surface area contributed by atoms with Gasteiger partial charge in [-0.05, 0) is 43.4 Å². The number of aromatic nitrogens is 4. The number of fused-ring (bicyclic) bond motifs is 3. The van der Waals surface area contributed by atoms with Crippen molar-refractivity contribution in [3.63, 3.8) is 0 Å². The van der Waals surface area contributed by atoms with Crippen LogP contribution in [0.3, 0.4) is 0 Å². The lowest BCUT2D eigenvalue weighted by atomic mass is 9.84. The van der Waals surface area contributed by atoms with E-state index in [4.69, 9.17) is 10.5 Å². The van der Waals surface area contributed by atoms with Gasteiger partial charge in [-0.3, -0.25) is 4.57 Å². The van der Waals surface area contributed by atoms with Crippen LogP contribution in [-0.2, 0) is 4.74 Å². The minimum absolute atomic E-state index is 0.287. The first-order valence-corrected chi connectivity index (χ1v) is 9.06. The molecule has 2 aliphatic carbocycles. The Morgan fingerprint density at radius 2 is 2.04 bits per heavy atom. The molecule has 3 aliphatic rings. The quantitative estimate of drug-likeness (QED) is 0.754. The second-order valence-corrected chi connectivity index (χ2v) is 7.80. The van der Waals surface area contributed by atoms with Gasteiger partial charge < -0.3 is 20.7 Å². The Kier molecular flexibility index (Phi) is 3.48. The molecule has 2 aromatic rings. The molecule has 8 heteroatoms. The van der Waals surface area contributed by atoms with Crippen LogP contribution in [0, 0.1) is 17.8 Å². The van der Waals surface area contributed by atoms with E-state index in [1.165, 1.54) is 38.3 Å². The third kappa shape index (κ3) is 2.35. The molecule has 25 heavy (non-hydrogen) atoms. The van der Waals surface area contributed by atoms with E-state index < -0.39 is 18.4 Å². The zero-order chi connectivity index (χ0) is 17.1. The van der Waals surface area contributed by atoms with Gasteiger partial charge >= 0.3 is 0 Å². The largest absolute Gasteiger partial charge is 0.388 e. The van der Waals surface area contributed by atoms with Crippen LogP contribution in [0.4, 0.5) is 5.82 Å². The second-order valence-electron chi connectivity index (χ2n) is 7.80. The number of nitrogens with zero attached hydrogens (tertiary/aromatic N) is 4. The number of rotatable bonds is 3. The van der Waals surface area contributed by atoms with Crippen molar-refractivity contribution in [2.24, 2.45) is 17.8 Å². The zero-order valence-electron chi connectivity index (χ0n) is 13.9. The summed E-state index contributed by atoms with van der Waals surface area (Å²) in [5.74, 6) is 2.50. The Labute approximate surface area is 145 Å². The summed E-state index contributed by atoms with van der Waals surface area (Å²) in [5.41, 5.74) is 6.80. The number of anilines is 1. The summed E-state index contributed by atoms with van der Waals surface area (Å²) in [6.07, 6.45) is 5.92. The number of nitrogen functional groups attached to an aromatic ring is 1. The molecule has 134 valence electrons. The number of aliphatic hydroxyl groups is 2. The lowest BCUT2D eigenvalue weighted by Gasteiger charge is -2.25. The van der Waals surface area contributed by atoms with E-state index in [-0.39, 0.29) is 11.9 Å². The van der Waals surface area contributed by atoms with Crippen LogP contribution in [0.1, 0.15) is 38.3 Å². The molecular weight excluding hydrogens is 322 g/mol. The number of nitrogens with two attached hydrogens (primary N) is 1. The topological polar surface area (TPSA) is 119 Å². The Balaban J connectivity index is 1.38. The monoisotopic (exact) mass is 345 g/mol. The average Bonchev–Trinajstić information content (AvgIpc) is 3.36. The number of hydrogen-bond acceptors (Lipinski definition) is 7. The van der Waals surface area contributed by atoms with E-state index in [1.807, 2.05) is 0 Å². The molecule has 4 N–H and O–H groups in total. The fourth-order valence-electron chi connectivity index (χ4n) is 5.17. The fraction of sp³-hybridized carbons (Fsp3) is 0.706. The number of imidazole rings is 1. The summed E-state index contributed by atoms with van der Waals surface area (Å²) in [6.45, 7) is 0. The molecular formula is C17H23N5O3. The van der Waals surface area contributed by atoms with Crippen molar-refractivity contribution in [3.8, 4) is 0 Å². The van der Waals surface area contributed by atoms with E-state index in [0.717, 1.165) is 18.3 Å². The summed E-state index contributed by atoms with van der Waals surface area (Å²) in [6, 6.07) is 0. The molecule has 0 radical (unpaired) electrons. The average molecular weight is 345 g/mol. The SMILES string of the molecule is Nc1ncnc2c1ncn2[C@@H]1O[C@H](CC2CC3CCC2C3)[C@@H](O)[C@H]1O. The van der Waals surface area contributed by atoms with Gasteiger partial charge in [0.1, 0.15) is 24.1 Å².